The second-order valence-electron chi connectivity index (χ2n) is 6.70. The van der Waals surface area contributed by atoms with Crippen molar-refractivity contribution in [1.82, 2.24) is 14.9 Å². The van der Waals surface area contributed by atoms with Gasteiger partial charge >= 0.3 is 0 Å². The summed E-state index contributed by atoms with van der Waals surface area (Å²) < 4.78 is 21.4. The highest BCUT2D eigenvalue weighted by Gasteiger charge is 2.37. The molecular weight excluding hydrogens is 405 g/mol. The normalized spacial score (nSPS) is 17.7. The van der Waals surface area contributed by atoms with Crippen molar-refractivity contribution in [1.29, 1.82) is 0 Å². The molecule has 4 rings (SSSR count). The fourth-order valence-electron chi connectivity index (χ4n) is 3.28. The Morgan fingerprint density at radius 1 is 1.20 bits per heavy atom. The van der Waals surface area contributed by atoms with Crippen LogP contribution in [0.2, 0.25) is 0 Å². The molecule has 0 saturated carbocycles. The highest BCUT2D eigenvalue weighted by atomic mass is 32.2. The quantitative estimate of drug-likeness (QED) is 0.623. The Hall–Kier alpha value is -3.07. The van der Waals surface area contributed by atoms with Crippen LogP contribution in [0.3, 0.4) is 0 Å². The summed E-state index contributed by atoms with van der Waals surface area (Å²) in [5.74, 6) is 0.746. The van der Waals surface area contributed by atoms with Crippen molar-refractivity contribution in [2.75, 3.05) is 17.3 Å². The van der Waals surface area contributed by atoms with Gasteiger partial charge in [0, 0.05) is 6.42 Å². The molecule has 2 N–H and O–H groups in total. The monoisotopic (exact) mass is 427 g/mol. The van der Waals surface area contributed by atoms with E-state index in [-0.39, 0.29) is 17.6 Å². The molecule has 1 aliphatic rings. The van der Waals surface area contributed by atoms with Crippen molar-refractivity contribution < 1.29 is 13.9 Å². The van der Waals surface area contributed by atoms with Crippen molar-refractivity contribution in [3.63, 3.8) is 0 Å². The first-order valence-corrected chi connectivity index (χ1v) is 10.6. The highest BCUT2D eigenvalue weighted by molar-refractivity contribution is 8.00. The summed E-state index contributed by atoms with van der Waals surface area (Å²) in [5.41, 5.74) is 4.42. The van der Waals surface area contributed by atoms with E-state index in [1.54, 1.807) is 12.1 Å². The molecule has 0 spiro atoms. The third-order valence-corrected chi connectivity index (χ3v) is 5.98. The second-order valence-corrected chi connectivity index (χ2v) is 7.81. The first-order chi connectivity index (χ1) is 14.6. The Kier molecular flexibility index (Phi) is 5.89. The fraction of sp³-hybridized carbons (Fsp3) is 0.286. The molecule has 1 aromatic heterocycles. The van der Waals surface area contributed by atoms with Gasteiger partial charge in [-0.3, -0.25) is 4.79 Å². The van der Waals surface area contributed by atoms with Crippen LogP contribution < -0.4 is 15.5 Å². The summed E-state index contributed by atoms with van der Waals surface area (Å²) >= 11 is 1.30. The zero-order valence-corrected chi connectivity index (χ0v) is 17.4. The fourth-order valence-corrected chi connectivity index (χ4v) is 4.38. The van der Waals surface area contributed by atoms with Crippen LogP contribution in [-0.2, 0) is 11.2 Å². The molecule has 1 aliphatic heterocycles. The number of aryl methyl sites for hydroxylation is 1. The lowest BCUT2D eigenvalue weighted by Crippen LogP contribution is -2.41. The van der Waals surface area contributed by atoms with Crippen molar-refractivity contribution in [3.05, 3.63) is 65.7 Å². The van der Waals surface area contributed by atoms with Gasteiger partial charge in [0.25, 0.3) is 0 Å². The number of ether oxygens (including phenoxy) is 1. The third kappa shape index (κ3) is 3.97. The lowest BCUT2D eigenvalue weighted by atomic mass is 10.0. The molecule has 0 fully saturated rings. The van der Waals surface area contributed by atoms with E-state index >= 15 is 0 Å². The average molecular weight is 428 g/mol. The van der Waals surface area contributed by atoms with Crippen molar-refractivity contribution >= 4 is 23.4 Å². The molecule has 0 aliphatic carbocycles. The van der Waals surface area contributed by atoms with Gasteiger partial charge in [0.1, 0.15) is 16.8 Å². The van der Waals surface area contributed by atoms with Crippen LogP contribution >= 0.6 is 11.8 Å². The molecule has 2 atom stereocenters. The van der Waals surface area contributed by atoms with Crippen molar-refractivity contribution in [3.8, 4) is 5.75 Å². The van der Waals surface area contributed by atoms with E-state index in [1.807, 2.05) is 42.8 Å². The molecule has 0 unspecified atom stereocenters. The summed E-state index contributed by atoms with van der Waals surface area (Å²) in [4.78, 5) is 13.1. The number of amides is 1. The molecule has 156 valence electrons. The summed E-state index contributed by atoms with van der Waals surface area (Å²) in [6.07, 6.45) is 0.697. The summed E-state index contributed by atoms with van der Waals surface area (Å²) in [6, 6.07) is 13.3. The molecular formula is C21H22FN5O2S. The topological polar surface area (TPSA) is 81.1 Å². The number of thioether (sulfide) groups is 1. The Bertz CT molecular complexity index is 1040. The number of nitrogens with one attached hydrogen (secondary N) is 2. The number of nitrogens with zero attached hydrogens (tertiary/aromatic N) is 3. The van der Waals surface area contributed by atoms with Crippen LogP contribution in [0.15, 0.2) is 53.7 Å². The largest absolute Gasteiger partial charge is 0.494 e. The highest BCUT2D eigenvalue weighted by Crippen LogP contribution is 2.38. The number of para-hydroxylation sites is 1. The number of rotatable bonds is 6. The number of benzene rings is 2. The van der Waals surface area contributed by atoms with Gasteiger partial charge in [0.05, 0.1) is 18.3 Å². The maximum atomic E-state index is 14.1. The zero-order valence-electron chi connectivity index (χ0n) is 16.6. The number of hydrogen-bond acceptors (Lipinski definition) is 6. The van der Waals surface area contributed by atoms with Crippen LogP contribution in [0.1, 0.15) is 31.3 Å². The number of anilines is 1. The molecule has 0 radical (unpaired) electrons. The van der Waals surface area contributed by atoms with Gasteiger partial charge in [-0.25, -0.2) is 9.07 Å². The number of fused-ring (bicyclic) bond motifs is 1. The molecule has 0 saturated heterocycles. The summed E-state index contributed by atoms with van der Waals surface area (Å²) in [6.45, 7) is 4.50. The van der Waals surface area contributed by atoms with E-state index in [1.165, 1.54) is 23.9 Å². The average Bonchev–Trinajstić information content (AvgIpc) is 3.17. The minimum atomic E-state index is -0.580. The Labute approximate surface area is 178 Å². The van der Waals surface area contributed by atoms with Crippen LogP contribution in [0, 0.1) is 5.82 Å². The SMILES string of the molecule is CCOc1ccc([C@H]2Nn3c(CC)nnc3S[C@@H]2C(=O)Nc2ccccc2F)cc1. The van der Waals surface area contributed by atoms with Crippen molar-refractivity contribution in [2.45, 2.75) is 36.7 Å². The number of halogens is 1. The van der Waals surface area contributed by atoms with Gasteiger partial charge in [0.15, 0.2) is 5.82 Å². The minimum absolute atomic E-state index is 0.148. The third-order valence-electron chi connectivity index (χ3n) is 4.76. The Balaban J connectivity index is 1.66. The van der Waals surface area contributed by atoms with Crippen LogP contribution in [0.25, 0.3) is 0 Å². The Morgan fingerprint density at radius 3 is 2.67 bits per heavy atom. The van der Waals surface area contributed by atoms with E-state index in [9.17, 15) is 9.18 Å². The smallest absolute Gasteiger partial charge is 0.240 e. The lowest BCUT2D eigenvalue weighted by Gasteiger charge is -2.33. The van der Waals surface area contributed by atoms with E-state index in [0.29, 0.717) is 18.2 Å². The molecule has 3 aromatic rings. The summed E-state index contributed by atoms with van der Waals surface area (Å²) in [5, 5.41) is 11.1. The predicted molar refractivity (Wildman–Crippen MR) is 114 cm³/mol. The maximum Gasteiger partial charge on any atom is 0.240 e. The Morgan fingerprint density at radius 2 is 1.97 bits per heavy atom. The molecule has 2 aromatic carbocycles. The molecule has 0 bridgehead atoms. The molecule has 30 heavy (non-hydrogen) atoms. The van der Waals surface area contributed by atoms with Gasteiger partial charge < -0.3 is 15.5 Å². The van der Waals surface area contributed by atoms with Crippen LogP contribution in [0.4, 0.5) is 10.1 Å². The van der Waals surface area contributed by atoms with Gasteiger partial charge in [-0.1, -0.05) is 43.0 Å². The standard InChI is InChI=1S/C21H22FN5O2S/c1-3-17-24-25-21-27(17)26-18(13-9-11-14(12-10-13)29-4-2)19(30-21)20(28)23-16-8-6-5-7-15(16)22/h5-12,18-19,26H,3-4H2,1-2H3,(H,23,28)/t18-,19+/m1/s1. The predicted octanol–water partition coefficient (Wildman–Crippen LogP) is 3.78. The molecule has 9 heteroatoms. The van der Waals surface area contributed by atoms with E-state index < -0.39 is 11.1 Å². The van der Waals surface area contributed by atoms with Gasteiger partial charge in [-0.05, 0) is 36.8 Å². The molecule has 1 amide bonds. The van der Waals surface area contributed by atoms with Crippen LogP contribution in [-0.4, -0.2) is 32.6 Å². The lowest BCUT2D eigenvalue weighted by molar-refractivity contribution is -0.116. The van der Waals surface area contributed by atoms with Crippen LogP contribution in [0.5, 0.6) is 5.75 Å². The number of aromatic nitrogens is 3. The number of carbonyl (C=O) groups is 1. The molecule has 2 heterocycles. The van der Waals surface area contributed by atoms with Gasteiger partial charge in [-0.2, -0.15) is 0 Å². The van der Waals surface area contributed by atoms with E-state index in [4.69, 9.17) is 4.74 Å². The number of hydrogen-bond donors (Lipinski definition) is 2. The van der Waals surface area contributed by atoms with Crippen molar-refractivity contribution in [2.24, 2.45) is 0 Å². The zero-order chi connectivity index (χ0) is 21.1. The first kappa shape index (κ1) is 20.2. The van der Waals surface area contributed by atoms with Gasteiger partial charge in [-0.15, -0.1) is 10.2 Å². The van der Waals surface area contributed by atoms with Gasteiger partial charge in [0.2, 0.25) is 11.1 Å². The number of carbonyl (C=O) groups excluding carboxylic acids is 1. The van der Waals surface area contributed by atoms with E-state index in [0.717, 1.165) is 17.1 Å². The van der Waals surface area contributed by atoms with E-state index in [2.05, 4.69) is 20.9 Å². The first-order valence-electron chi connectivity index (χ1n) is 9.76. The minimum Gasteiger partial charge on any atom is -0.494 e. The maximum absolute atomic E-state index is 14.1. The molecule has 7 nitrogen and oxygen atoms in total. The second kappa shape index (κ2) is 8.74. The summed E-state index contributed by atoms with van der Waals surface area (Å²) in [7, 11) is 0.